The lowest BCUT2D eigenvalue weighted by molar-refractivity contribution is -0.137. The molecule has 0 aliphatic carbocycles. The number of aromatic nitrogens is 3. The highest BCUT2D eigenvalue weighted by molar-refractivity contribution is 5.42. The van der Waals surface area contributed by atoms with Gasteiger partial charge in [-0.05, 0) is 26.1 Å². The van der Waals surface area contributed by atoms with E-state index in [1.54, 1.807) is 6.07 Å². The molecular weight excluding hydrogens is 269 g/mol. The molecule has 2 rings (SSSR count). The second-order valence-corrected chi connectivity index (χ2v) is 4.56. The second kappa shape index (κ2) is 5.62. The van der Waals surface area contributed by atoms with Gasteiger partial charge in [-0.3, -0.25) is 0 Å². The van der Waals surface area contributed by atoms with E-state index in [1.165, 1.54) is 23.0 Å². The van der Waals surface area contributed by atoms with Crippen LogP contribution in [0.1, 0.15) is 18.2 Å². The largest absolute Gasteiger partial charge is 0.418 e. The van der Waals surface area contributed by atoms with Crippen LogP contribution in [0.3, 0.4) is 0 Å². The van der Waals surface area contributed by atoms with Crippen molar-refractivity contribution in [2.24, 2.45) is 0 Å². The average Bonchev–Trinajstić information content (AvgIpc) is 2.86. The maximum atomic E-state index is 12.9. The van der Waals surface area contributed by atoms with Gasteiger partial charge in [0.05, 0.1) is 23.1 Å². The molecule has 1 aromatic carbocycles. The predicted octanol–water partition coefficient (Wildman–Crippen LogP) is 2.44. The Morgan fingerprint density at radius 1 is 1.30 bits per heavy atom. The highest BCUT2D eigenvalue weighted by Gasteiger charge is 2.33. The third-order valence-corrected chi connectivity index (χ3v) is 3.01. The molecule has 4 nitrogen and oxygen atoms in total. The first-order chi connectivity index (χ1) is 9.41. The zero-order valence-electron chi connectivity index (χ0n) is 11.1. The number of halogens is 3. The Labute approximate surface area is 114 Å². The van der Waals surface area contributed by atoms with E-state index in [-0.39, 0.29) is 11.7 Å². The average molecular weight is 284 g/mol. The van der Waals surface area contributed by atoms with Crippen molar-refractivity contribution in [1.82, 2.24) is 20.3 Å². The molecule has 2 aromatic rings. The molecule has 108 valence electrons. The maximum Gasteiger partial charge on any atom is 0.418 e. The first-order valence-electron chi connectivity index (χ1n) is 6.17. The Hall–Kier alpha value is -1.89. The molecule has 1 heterocycles. The number of alkyl halides is 3. The fourth-order valence-corrected chi connectivity index (χ4v) is 1.84. The summed E-state index contributed by atoms with van der Waals surface area (Å²) < 4.78 is 40.0. The van der Waals surface area contributed by atoms with E-state index < -0.39 is 11.7 Å². The molecule has 1 unspecified atom stereocenters. The van der Waals surface area contributed by atoms with Crippen molar-refractivity contribution < 1.29 is 13.2 Å². The molecule has 0 fully saturated rings. The van der Waals surface area contributed by atoms with Crippen molar-refractivity contribution >= 4 is 0 Å². The van der Waals surface area contributed by atoms with E-state index in [9.17, 15) is 13.2 Å². The Bertz CT molecular complexity index is 577. The van der Waals surface area contributed by atoms with Crippen LogP contribution in [0.25, 0.3) is 5.69 Å². The molecule has 0 aliphatic heterocycles. The first-order valence-corrected chi connectivity index (χ1v) is 6.17. The lowest BCUT2D eigenvalue weighted by atomic mass is 10.1. The molecule has 20 heavy (non-hydrogen) atoms. The van der Waals surface area contributed by atoms with Gasteiger partial charge in [-0.25, -0.2) is 4.68 Å². The second-order valence-electron chi connectivity index (χ2n) is 4.56. The SMILES string of the molecule is CNC(C)Cc1cn(-c2ccccc2C(F)(F)F)nn1. The van der Waals surface area contributed by atoms with E-state index in [1.807, 2.05) is 14.0 Å². The summed E-state index contributed by atoms with van der Waals surface area (Å²) >= 11 is 0. The van der Waals surface area contributed by atoms with Gasteiger partial charge in [0.15, 0.2) is 0 Å². The minimum absolute atomic E-state index is 0.0177. The summed E-state index contributed by atoms with van der Waals surface area (Å²) in [5, 5.41) is 10.7. The molecule has 1 aromatic heterocycles. The monoisotopic (exact) mass is 284 g/mol. The number of likely N-dealkylation sites (N-methyl/N-ethyl adjacent to an activating group) is 1. The van der Waals surface area contributed by atoms with Crippen LogP contribution in [0, 0.1) is 0 Å². The normalized spacial score (nSPS) is 13.4. The van der Waals surface area contributed by atoms with E-state index in [0.717, 1.165) is 6.07 Å². The number of hydrogen-bond donors (Lipinski definition) is 1. The van der Waals surface area contributed by atoms with Crippen molar-refractivity contribution in [3.05, 3.63) is 41.7 Å². The first kappa shape index (κ1) is 14.5. The summed E-state index contributed by atoms with van der Waals surface area (Å²) in [5.74, 6) is 0. The van der Waals surface area contributed by atoms with Crippen LogP contribution in [0.15, 0.2) is 30.5 Å². The van der Waals surface area contributed by atoms with Gasteiger partial charge in [0.25, 0.3) is 0 Å². The summed E-state index contributed by atoms with van der Waals surface area (Å²) in [7, 11) is 1.81. The van der Waals surface area contributed by atoms with Crippen molar-refractivity contribution in [2.45, 2.75) is 25.6 Å². The summed E-state index contributed by atoms with van der Waals surface area (Å²) in [4.78, 5) is 0. The lowest BCUT2D eigenvalue weighted by Crippen LogP contribution is -2.23. The van der Waals surface area contributed by atoms with E-state index in [2.05, 4.69) is 15.6 Å². The Kier molecular flexibility index (Phi) is 4.08. The summed E-state index contributed by atoms with van der Waals surface area (Å²) in [6.07, 6.45) is -2.29. The van der Waals surface area contributed by atoms with Gasteiger partial charge in [0, 0.05) is 12.5 Å². The van der Waals surface area contributed by atoms with Crippen LogP contribution in [-0.4, -0.2) is 28.1 Å². The molecule has 0 saturated heterocycles. The molecular formula is C13H15F3N4. The third kappa shape index (κ3) is 3.16. The maximum absolute atomic E-state index is 12.9. The van der Waals surface area contributed by atoms with Gasteiger partial charge in [0.1, 0.15) is 0 Å². The number of benzene rings is 1. The smallest absolute Gasteiger partial charge is 0.317 e. The van der Waals surface area contributed by atoms with Gasteiger partial charge in [0.2, 0.25) is 0 Å². The number of para-hydroxylation sites is 1. The van der Waals surface area contributed by atoms with Crippen LogP contribution in [0.2, 0.25) is 0 Å². The number of rotatable bonds is 4. The van der Waals surface area contributed by atoms with Gasteiger partial charge in [-0.2, -0.15) is 13.2 Å². The lowest BCUT2D eigenvalue weighted by Gasteiger charge is -2.11. The van der Waals surface area contributed by atoms with Crippen LogP contribution in [0.5, 0.6) is 0 Å². The Morgan fingerprint density at radius 2 is 2.00 bits per heavy atom. The van der Waals surface area contributed by atoms with Crippen LogP contribution >= 0.6 is 0 Å². The van der Waals surface area contributed by atoms with Gasteiger partial charge in [-0.15, -0.1) is 5.10 Å². The van der Waals surface area contributed by atoms with Crippen molar-refractivity contribution in [3.63, 3.8) is 0 Å². The molecule has 1 atom stereocenters. The van der Waals surface area contributed by atoms with Crippen molar-refractivity contribution in [2.75, 3.05) is 7.05 Å². The molecule has 0 spiro atoms. The van der Waals surface area contributed by atoms with Crippen LogP contribution in [-0.2, 0) is 12.6 Å². The quantitative estimate of drug-likeness (QED) is 0.937. The number of hydrogen-bond acceptors (Lipinski definition) is 3. The zero-order chi connectivity index (χ0) is 14.8. The molecule has 0 radical (unpaired) electrons. The minimum Gasteiger partial charge on any atom is -0.317 e. The van der Waals surface area contributed by atoms with Crippen LogP contribution in [0.4, 0.5) is 13.2 Å². The molecule has 0 aliphatic rings. The van der Waals surface area contributed by atoms with E-state index in [0.29, 0.717) is 12.1 Å². The fourth-order valence-electron chi connectivity index (χ4n) is 1.84. The number of nitrogens with one attached hydrogen (secondary N) is 1. The summed E-state index contributed by atoms with van der Waals surface area (Å²) in [6, 6.07) is 5.49. The molecule has 1 N–H and O–H groups in total. The Balaban J connectivity index is 2.33. The standard InChI is InChI=1S/C13H15F3N4/c1-9(17-2)7-10-8-20(19-18-10)12-6-4-3-5-11(12)13(14,15)16/h3-6,8-9,17H,7H2,1-2H3. The van der Waals surface area contributed by atoms with Crippen LogP contribution < -0.4 is 5.32 Å². The van der Waals surface area contributed by atoms with E-state index >= 15 is 0 Å². The van der Waals surface area contributed by atoms with E-state index in [4.69, 9.17) is 0 Å². The topological polar surface area (TPSA) is 42.7 Å². The van der Waals surface area contributed by atoms with Gasteiger partial charge < -0.3 is 5.32 Å². The third-order valence-electron chi connectivity index (χ3n) is 3.01. The van der Waals surface area contributed by atoms with Gasteiger partial charge >= 0.3 is 6.18 Å². The molecule has 7 heteroatoms. The van der Waals surface area contributed by atoms with Gasteiger partial charge in [-0.1, -0.05) is 17.3 Å². The summed E-state index contributed by atoms with van der Waals surface area (Å²) in [5.41, 5.74) is -0.0993. The minimum atomic E-state index is -4.42. The number of nitrogens with zero attached hydrogens (tertiary/aromatic N) is 3. The predicted molar refractivity (Wildman–Crippen MR) is 68.6 cm³/mol. The highest BCUT2D eigenvalue weighted by atomic mass is 19.4. The fraction of sp³-hybridized carbons (Fsp3) is 0.385. The highest BCUT2D eigenvalue weighted by Crippen LogP contribution is 2.33. The molecule has 0 saturated carbocycles. The molecule has 0 bridgehead atoms. The zero-order valence-corrected chi connectivity index (χ0v) is 11.1. The van der Waals surface area contributed by atoms with Crippen molar-refractivity contribution in [3.8, 4) is 5.69 Å². The summed E-state index contributed by atoms with van der Waals surface area (Å²) in [6.45, 7) is 1.96. The Morgan fingerprint density at radius 3 is 2.65 bits per heavy atom. The van der Waals surface area contributed by atoms with Crippen molar-refractivity contribution in [1.29, 1.82) is 0 Å². The molecule has 0 amide bonds.